The average Bonchev–Trinajstić information content (AvgIpc) is 2.77. The van der Waals surface area contributed by atoms with Crippen molar-refractivity contribution in [2.24, 2.45) is 0 Å². The molecule has 0 aromatic heterocycles. The normalized spacial score (nSPS) is 10.7. The van der Waals surface area contributed by atoms with E-state index in [4.69, 9.17) is 0 Å². The fourth-order valence-corrected chi connectivity index (χ4v) is 3.44. The molecule has 2 rings (SSSR count). The highest BCUT2D eigenvalue weighted by molar-refractivity contribution is 6.35. The molecule has 29 heavy (non-hydrogen) atoms. The summed E-state index contributed by atoms with van der Waals surface area (Å²) in [5.41, 5.74) is 2.23. The minimum Gasteiger partial charge on any atom is -0.348 e. The summed E-state index contributed by atoms with van der Waals surface area (Å²) in [5.74, 6) is -1.10. The number of rotatable bonds is 12. The van der Waals surface area contributed by atoms with Crippen LogP contribution in [0.2, 0.25) is 0 Å². The molecule has 0 saturated heterocycles. The Hall–Kier alpha value is -2.62. The first kappa shape index (κ1) is 22.7. The Bertz CT molecular complexity index is 677. The number of carbonyl (C=O) groups is 2. The molecule has 4 heteroatoms. The Labute approximate surface area is 175 Å². The lowest BCUT2D eigenvalue weighted by molar-refractivity contribution is -0.139. The van der Waals surface area contributed by atoms with Crippen LogP contribution in [0.25, 0.3) is 0 Å². The third-order valence-electron chi connectivity index (χ3n) is 5.14. The summed E-state index contributed by atoms with van der Waals surface area (Å²) in [6, 6.07) is 20.1. The van der Waals surface area contributed by atoms with Gasteiger partial charge in [-0.1, -0.05) is 106 Å². The van der Waals surface area contributed by atoms with Crippen molar-refractivity contribution < 1.29 is 9.59 Å². The number of nitrogens with one attached hydrogen (secondary N) is 2. The van der Waals surface area contributed by atoms with Crippen LogP contribution in [-0.2, 0) is 9.59 Å². The standard InChI is InChI=1S/C25H34N2O2/c1-2-3-4-5-6-7-14-19-26-24(28)25(29)27-20-23(21-15-10-8-11-16-21)22-17-12-9-13-18-22/h8-13,15-18,23H,2-7,14,19-20H2,1H3,(H,26,28)(H,27,29). The highest BCUT2D eigenvalue weighted by Crippen LogP contribution is 2.23. The third-order valence-corrected chi connectivity index (χ3v) is 5.14. The van der Waals surface area contributed by atoms with Gasteiger partial charge in [-0.2, -0.15) is 0 Å². The van der Waals surface area contributed by atoms with Gasteiger partial charge in [-0.3, -0.25) is 9.59 Å². The van der Waals surface area contributed by atoms with Gasteiger partial charge in [0.1, 0.15) is 0 Å². The van der Waals surface area contributed by atoms with Crippen LogP contribution in [0.3, 0.4) is 0 Å². The number of hydrogen-bond donors (Lipinski definition) is 2. The zero-order valence-electron chi connectivity index (χ0n) is 17.5. The van der Waals surface area contributed by atoms with Gasteiger partial charge in [-0.15, -0.1) is 0 Å². The first-order valence-electron chi connectivity index (χ1n) is 10.9. The predicted molar refractivity (Wildman–Crippen MR) is 119 cm³/mol. The second-order valence-electron chi connectivity index (χ2n) is 7.46. The summed E-state index contributed by atoms with van der Waals surface area (Å²) in [4.78, 5) is 24.3. The smallest absolute Gasteiger partial charge is 0.309 e. The van der Waals surface area contributed by atoms with Crippen molar-refractivity contribution in [2.75, 3.05) is 13.1 Å². The van der Waals surface area contributed by atoms with E-state index in [0.717, 1.165) is 24.0 Å². The van der Waals surface area contributed by atoms with Gasteiger partial charge >= 0.3 is 11.8 Å². The van der Waals surface area contributed by atoms with Crippen LogP contribution in [0, 0.1) is 0 Å². The van der Waals surface area contributed by atoms with Crippen molar-refractivity contribution >= 4 is 11.8 Å². The lowest BCUT2D eigenvalue weighted by atomic mass is 9.91. The van der Waals surface area contributed by atoms with E-state index in [1.165, 1.54) is 32.1 Å². The minimum absolute atomic E-state index is 0.0114. The van der Waals surface area contributed by atoms with Crippen molar-refractivity contribution in [1.82, 2.24) is 10.6 Å². The van der Waals surface area contributed by atoms with Gasteiger partial charge < -0.3 is 10.6 Å². The van der Waals surface area contributed by atoms with Gasteiger partial charge in [0.25, 0.3) is 0 Å². The van der Waals surface area contributed by atoms with Crippen molar-refractivity contribution in [3.63, 3.8) is 0 Å². The monoisotopic (exact) mass is 394 g/mol. The number of amides is 2. The van der Waals surface area contributed by atoms with Crippen LogP contribution in [0.5, 0.6) is 0 Å². The summed E-state index contributed by atoms with van der Waals surface area (Å²) < 4.78 is 0. The SMILES string of the molecule is CCCCCCCCCNC(=O)C(=O)NCC(c1ccccc1)c1ccccc1. The van der Waals surface area contributed by atoms with Crippen LogP contribution >= 0.6 is 0 Å². The maximum atomic E-state index is 12.2. The first-order chi connectivity index (χ1) is 14.2. The average molecular weight is 395 g/mol. The molecule has 0 aliphatic rings. The summed E-state index contributed by atoms with van der Waals surface area (Å²) in [6.45, 7) is 3.15. The van der Waals surface area contributed by atoms with E-state index in [2.05, 4.69) is 17.6 Å². The lowest BCUT2D eigenvalue weighted by Gasteiger charge is -2.18. The molecule has 0 saturated carbocycles. The molecule has 0 bridgehead atoms. The van der Waals surface area contributed by atoms with Gasteiger partial charge in [0.15, 0.2) is 0 Å². The van der Waals surface area contributed by atoms with E-state index >= 15 is 0 Å². The molecule has 2 N–H and O–H groups in total. The van der Waals surface area contributed by atoms with Crippen LogP contribution in [0.4, 0.5) is 0 Å². The van der Waals surface area contributed by atoms with E-state index < -0.39 is 11.8 Å². The van der Waals surface area contributed by atoms with Gasteiger partial charge in [0.05, 0.1) is 0 Å². The van der Waals surface area contributed by atoms with Crippen LogP contribution < -0.4 is 10.6 Å². The van der Waals surface area contributed by atoms with Gasteiger partial charge in [0.2, 0.25) is 0 Å². The largest absolute Gasteiger partial charge is 0.348 e. The molecule has 0 spiro atoms. The predicted octanol–water partition coefficient (Wildman–Crippen LogP) is 4.80. The summed E-state index contributed by atoms with van der Waals surface area (Å²) in [5, 5.41) is 5.54. The Kier molecular flexibility index (Phi) is 10.6. The quantitative estimate of drug-likeness (QED) is 0.401. The van der Waals surface area contributed by atoms with Crippen molar-refractivity contribution in [3.8, 4) is 0 Å². The molecule has 0 radical (unpaired) electrons. The molecule has 0 aliphatic carbocycles. The number of carbonyl (C=O) groups excluding carboxylic acids is 2. The van der Waals surface area contributed by atoms with Gasteiger partial charge in [-0.05, 0) is 17.5 Å². The van der Waals surface area contributed by atoms with Crippen LogP contribution in [-0.4, -0.2) is 24.9 Å². The molecule has 0 aliphatic heterocycles. The van der Waals surface area contributed by atoms with Gasteiger partial charge in [-0.25, -0.2) is 0 Å². The topological polar surface area (TPSA) is 58.2 Å². The van der Waals surface area contributed by atoms with E-state index in [1.807, 2.05) is 60.7 Å². The second-order valence-corrected chi connectivity index (χ2v) is 7.46. The third kappa shape index (κ3) is 8.51. The van der Waals surface area contributed by atoms with E-state index in [9.17, 15) is 9.59 Å². The second kappa shape index (κ2) is 13.5. The van der Waals surface area contributed by atoms with Crippen molar-refractivity contribution in [2.45, 2.75) is 57.8 Å². The number of hydrogen-bond acceptors (Lipinski definition) is 2. The molecular weight excluding hydrogens is 360 g/mol. The summed E-state index contributed by atoms with van der Waals surface area (Å²) in [7, 11) is 0. The number of benzene rings is 2. The lowest BCUT2D eigenvalue weighted by Crippen LogP contribution is -2.41. The summed E-state index contributed by atoms with van der Waals surface area (Å²) in [6.07, 6.45) is 8.29. The minimum atomic E-state index is -0.565. The van der Waals surface area contributed by atoms with Crippen molar-refractivity contribution in [1.29, 1.82) is 0 Å². The van der Waals surface area contributed by atoms with Crippen LogP contribution in [0.1, 0.15) is 68.9 Å². The first-order valence-corrected chi connectivity index (χ1v) is 10.9. The molecule has 0 heterocycles. The molecule has 156 valence electrons. The summed E-state index contributed by atoms with van der Waals surface area (Å²) >= 11 is 0. The zero-order valence-corrected chi connectivity index (χ0v) is 17.5. The molecule has 2 aromatic carbocycles. The highest BCUT2D eigenvalue weighted by Gasteiger charge is 2.18. The molecule has 0 atom stereocenters. The van der Waals surface area contributed by atoms with Crippen LogP contribution in [0.15, 0.2) is 60.7 Å². The molecule has 2 amide bonds. The zero-order chi connectivity index (χ0) is 20.7. The Morgan fingerprint density at radius 1 is 0.690 bits per heavy atom. The maximum Gasteiger partial charge on any atom is 0.309 e. The van der Waals surface area contributed by atoms with E-state index in [1.54, 1.807) is 0 Å². The Morgan fingerprint density at radius 3 is 1.72 bits per heavy atom. The molecule has 4 nitrogen and oxygen atoms in total. The fourth-order valence-electron chi connectivity index (χ4n) is 3.44. The van der Waals surface area contributed by atoms with Gasteiger partial charge in [0, 0.05) is 19.0 Å². The fraction of sp³-hybridized carbons (Fsp3) is 0.440. The molecule has 0 fully saturated rings. The van der Waals surface area contributed by atoms with Crippen molar-refractivity contribution in [3.05, 3.63) is 71.8 Å². The Balaban J connectivity index is 1.76. The number of unbranched alkanes of at least 4 members (excludes halogenated alkanes) is 6. The maximum absolute atomic E-state index is 12.2. The molecular formula is C25H34N2O2. The molecule has 0 unspecified atom stereocenters. The Morgan fingerprint density at radius 2 is 1.17 bits per heavy atom. The van der Waals surface area contributed by atoms with E-state index in [-0.39, 0.29) is 5.92 Å². The van der Waals surface area contributed by atoms with E-state index in [0.29, 0.717) is 13.1 Å². The molecule has 2 aromatic rings. The highest BCUT2D eigenvalue weighted by atomic mass is 16.2.